The second-order valence-corrected chi connectivity index (χ2v) is 6.61. The largest absolute Gasteiger partial charge is 0.497 e. The zero-order chi connectivity index (χ0) is 19.7. The van der Waals surface area contributed by atoms with Crippen LogP contribution in [-0.2, 0) is 4.74 Å². The molecule has 0 spiro atoms. The fourth-order valence-corrected chi connectivity index (χ4v) is 3.38. The number of benzene rings is 3. The van der Waals surface area contributed by atoms with Gasteiger partial charge in [0.15, 0.2) is 0 Å². The molecule has 3 aromatic rings. The maximum Gasteiger partial charge on any atom is 0.342 e. The normalized spacial score (nSPS) is 15.6. The van der Waals surface area contributed by atoms with Crippen LogP contribution in [0.15, 0.2) is 72.8 Å². The molecule has 1 aliphatic heterocycles. The third kappa shape index (κ3) is 3.10. The molecular formula is C22H16ClNO4. The van der Waals surface area contributed by atoms with Gasteiger partial charge in [0, 0.05) is 5.56 Å². The van der Waals surface area contributed by atoms with Crippen LogP contribution in [0.3, 0.4) is 0 Å². The summed E-state index contributed by atoms with van der Waals surface area (Å²) in [6.07, 6.45) is -0.919. The summed E-state index contributed by atoms with van der Waals surface area (Å²) < 4.78 is 10.8. The topological polar surface area (TPSA) is 55.8 Å². The second kappa shape index (κ2) is 7.37. The van der Waals surface area contributed by atoms with Crippen molar-refractivity contribution in [3.05, 3.63) is 94.5 Å². The van der Waals surface area contributed by atoms with E-state index < -0.39 is 12.2 Å². The highest BCUT2D eigenvalue weighted by Gasteiger charge is 2.38. The molecule has 5 nitrogen and oxygen atoms in total. The van der Waals surface area contributed by atoms with E-state index in [0.717, 1.165) is 0 Å². The van der Waals surface area contributed by atoms with E-state index in [1.165, 1.54) is 4.90 Å². The van der Waals surface area contributed by atoms with Gasteiger partial charge in [0.05, 0.1) is 28.9 Å². The number of nitrogens with zero attached hydrogens (tertiary/aromatic N) is 1. The van der Waals surface area contributed by atoms with Crippen LogP contribution in [0.1, 0.15) is 32.5 Å². The summed E-state index contributed by atoms with van der Waals surface area (Å²) in [5.74, 6) is -0.179. The van der Waals surface area contributed by atoms with Crippen LogP contribution in [0.5, 0.6) is 5.75 Å². The smallest absolute Gasteiger partial charge is 0.342 e. The highest BCUT2D eigenvalue weighted by atomic mass is 35.5. The minimum absolute atomic E-state index is 0.327. The number of hydrogen-bond acceptors (Lipinski definition) is 4. The van der Waals surface area contributed by atoms with Gasteiger partial charge in [-0.3, -0.25) is 9.69 Å². The number of rotatable bonds is 3. The van der Waals surface area contributed by atoms with Crippen LogP contribution in [0.2, 0.25) is 5.02 Å². The van der Waals surface area contributed by atoms with Crippen LogP contribution < -0.4 is 9.64 Å². The lowest BCUT2D eigenvalue weighted by Gasteiger charge is -2.36. The van der Waals surface area contributed by atoms with Gasteiger partial charge < -0.3 is 9.47 Å². The number of anilines is 1. The lowest BCUT2D eigenvalue weighted by atomic mass is 10.0. The van der Waals surface area contributed by atoms with Gasteiger partial charge in [-0.15, -0.1) is 0 Å². The Morgan fingerprint density at radius 2 is 1.68 bits per heavy atom. The van der Waals surface area contributed by atoms with Gasteiger partial charge in [0.25, 0.3) is 5.91 Å². The zero-order valence-corrected chi connectivity index (χ0v) is 15.7. The van der Waals surface area contributed by atoms with Gasteiger partial charge in [-0.1, -0.05) is 35.9 Å². The molecule has 0 saturated carbocycles. The molecule has 1 aliphatic rings. The predicted octanol–water partition coefficient (Wildman–Crippen LogP) is 4.86. The number of cyclic esters (lactones) is 1. The highest BCUT2D eigenvalue weighted by molar-refractivity contribution is 6.34. The van der Waals surface area contributed by atoms with E-state index >= 15 is 0 Å². The summed E-state index contributed by atoms with van der Waals surface area (Å²) in [6, 6.07) is 20.7. The molecule has 1 atom stereocenters. The quantitative estimate of drug-likeness (QED) is 0.596. The first kappa shape index (κ1) is 18.1. The Morgan fingerprint density at radius 1 is 1.00 bits per heavy atom. The molecule has 4 rings (SSSR count). The molecule has 0 bridgehead atoms. The minimum Gasteiger partial charge on any atom is -0.497 e. The number of carbonyl (C=O) groups excluding carboxylic acids is 2. The first-order chi connectivity index (χ1) is 13.6. The maximum atomic E-state index is 13.4. The summed E-state index contributed by atoms with van der Waals surface area (Å²) in [6.45, 7) is 0. The molecule has 1 heterocycles. The van der Waals surface area contributed by atoms with Crippen LogP contribution >= 0.6 is 11.6 Å². The Balaban J connectivity index is 1.85. The lowest BCUT2D eigenvalue weighted by molar-refractivity contribution is 0.0249. The van der Waals surface area contributed by atoms with E-state index in [1.807, 2.05) is 0 Å². The molecule has 1 unspecified atom stereocenters. The number of amides is 1. The van der Waals surface area contributed by atoms with Crippen LogP contribution in [0.25, 0.3) is 0 Å². The van der Waals surface area contributed by atoms with Crippen molar-refractivity contribution in [3.8, 4) is 5.75 Å². The van der Waals surface area contributed by atoms with E-state index in [4.69, 9.17) is 21.1 Å². The molecule has 28 heavy (non-hydrogen) atoms. The molecule has 0 saturated heterocycles. The van der Waals surface area contributed by atoms with Crippen molar-refractivity contribution in [3.63, 3.8) is 0 Å². The standard InChI is InChI=1S/C22H16ClNO4/c1-27-15-12-10-14(11-13-15)21-24(20(25)16-6-2-4-8-18(16)23)19-9-5-3-7-17(19)22(26)28-21/h2-13,21H,1H3. The average Bonchev–Trinajstić information content (AvgIpc) is 2.74. The van der Waals surface area contributed by atoms with Crippen molar-refractivity contribution in [1.29, 1.82) is 0 Å². The van der Waals surface area contributed by atoms with Crippen LogP contribution in [0.4, 0.5) is 5.69 Å². The van der Waals surface area contributed by atoms with Gasteiger partial charge >= 0.3 is 5.97 Å². The third-order valence-corrected chi connectivity index (χ3v) is 4.89. The predicted molar refractivity (Wildman–Crippen MR) is 106 cm³/mol. The Morgan fingerprint density at radius 3 is 2.39 bits per heavy atom. The summed E-state index contributed by atoms with van der Waals surface area (Å²) in [5, 5.41) is 0.329. The maximum absolute atomic E-state index is 13.4. The van der Waals surface area contributed by atoms with E-state index in [1.54, 1.807) is 79.9 Å². The Hall–Kier alpha value is -3.31. The van der Waals surface area contributed by atoms with E-state index in [9.17, 15) is 9.59 Å². The van der Waals surface area contributed by atoms with Crippen molar-refractivity contribution in [2.45, 2.75) is 6.23 Å². The van der Waals surface area contributed by atoms with E-state index in [0.29, 0.717) is 33.1 Å². The first-order valence-electron chi connectivity index (χ1n) is 8.62. The zero-order valence-electron chi connectivity index (χ0n) is 15.0. The van der Waals surface area contributed by atoms with Gasteiger partial charge in [-0.25, -0.2) is 4.79 Å². The molecule has 0 N–H and O–H groups in total. The number of hydrogen-bond donors (Lipinski definition) is 0. The number of ether oxygens (including phenoxy) is 2. The van der Waals surface area contributed by atoms with E-state index in [-0.39, 0.29) is 5.91 Å². The summed E-state index contributed by atoms with van der Waals surface area (Å²) in [5.41, 5.74) is 1.77. The Bertz CT molecular complexity index is 1050. The van der Waals surface area contributed by atoms with E-state index in [2.05, 4.69) is 0 Å². The van der Waals surface area contributed by atoms with Crippen molar-refractivity contribution in [2.24, 2.45) is 0 Å². The fraction of sp³-hybridized carbons (Fsp3) is 0.0909. The Kier molecular flexibility index (Phi) is 4.75. The SMILES string of the molecule is COc1ccc(C2OC(=O)c3ccccc3N2C(=O)c2ccccc2Cl)cc1. The summed E-state index contributed by atoms with van der Waals surface area (Å²) in [7, 11) is 1.57. The van der Waals surface area contributed by atoms with Crippen LogP contribution in [-0.4, -0.2) is 19.0 Å². The third-order valence-electron chi connectivity index (χ3n) is 4.56. The average molecular weight is 394 g/mol. The molecule has 0 radical (unpaired) electrons. The minimum atomic E-state index is -0.919. The Labute approximate surface area is 167 Å². The molecule has 6 heteroatoms. The molecule has 0 aliphatic carbocycles. The summed E-state index contributed by atoms with van der Waals surface area (Å²) in [4.78, 5) is 27.4. The molecule has 1 amide bonds. The lowest BCUT2D eigenvalue weighted by Crippen LogP contribution is -2.41. The van der Waals surface area contributed by atoms with Crippen molar-refractivity contribution >= 4 is 29.2 Å². The number of carbonyl (C=O) groups is 2. The van der Waals surface area contributed by atoms with Gasteiger partial charge in [0.1, 0.15) is 5.75 Å². The van der Waals surface area contributed by atoms with Gasteiger partial charge in [-0.2, -0.15) is 0 Å². The number of fused-ring (bicyclic) bond motifs is 1. The summed E-state index contributed by atoms with van der Waals surface area (Å²) >= 11 is 6.26. The number of para-hydroxylation sites is 1. The molecule has 0 fully saturated rings. The molecule has 140 valence electrons. The van der Waals surface area contributed by atoms with Crippen LogP contribution in [0, 0.1) is 0 Å². The monoisotopic (exact) mass is 393 g/mol. The number of methoxy groups -OCH3 is 1. The first-order valence-corrected chi connectivity index (χ1v) is 9.00. The molecular weight excluding hydrogens is 378 g/mol. The van der Waals surface area contributed by atoms with Crippen molar-refractivity contribution < 1.29 is 19.1 Å². The van der Waals surface area contributed by atoms with Crippen molar-refractivity contribution in [2.75, 3.05) is 12.0 Å². The second-order valence-electron chi connectivity index (χ2n) is 6.20. The number of halogens is 1. The number of esters is 1. The van der Waals surface area contributed by atoms with Gasteiger partial charge in [-0.05, 0) is 48.5 Å². The van der Waals surface area contributed by atoms with Crippen molar-refractivity contribution in [1.82, 2.24) is 0 Å². The highest BCUT2D eigenvalue weighted by Crippen LogP contribution is 2.38. The van der Waals surface area contributed by atoms with Gasteiger partial charge in [0.2, 0.25) is 6.23 Å². The molecule has 0 aromatic heterocycles. The molecule has 3 aromatic carbocycles. The fourth-order valence-electron chi connectivity index (χ4n) is 3.17.